The molecule has 0 unspecified atom stereocenters. The maximum Gasteiger partial charge on any atom is 0.269 e. The summed E-state index contributed by atoms with van der Waals surface area (Å²) in [5, 5.41) is 12.4. The van der Waals surface area contributed by atoms with Gasteiger partial charge in [0.2, 0.25) is 5.91 Å². The number of carbonyl (C=O) groups excluding carboxylic acids is 2. The third-order valence-corrected chi connectivity index (χ3v) is 4.82. The van der Waals surface area contributed by atoms with Crippen LogP contribution in [0.15, 0.2) is 59.6 Å². The fourth-order valence-electron chi connectivity index (χ4n) is 2.50. The Morgan fingerprint density at radius 2 is 1.82 bits per heavy atom. The predicted molar refractivity (Wildman–Crippen MR) is 106 cm³/mol. The number of hydrazine groups is 1. The van der Waals surface area contributed by atoms with E-state index in [1.54, 1.807) is 0 Å². The van der Waals surface area contributed by atoms with Gasteiger partial charge >= 0.3 is 0 Å². The van der Waals surface area contributed by atoms with E-state index in [0.717, 1.165) is 16.5 Å². The molecule has 9 heteroatoms. The minimum atomic E-state index is -0.562. The van der Waals surface area contributed by atoms with Gasteiger partial charge in [-0.3, -0.25) is 30.6 Å². The van der Waals surface area contributed by atoms with Gasteiger partial charge < -0.3 is 0 Å². The van der Waals surface area contributed by atoms with Crippen molar-refractivity contribution in [2.75, 3.05) is 5.75 Å². The van der Waals surface area contributed by atoms with E-state index in [2.05, 4.69) is 15.8 Å². The van der Waals surface area contributed by atoms with E-state index in [9.17, 15) is 19.7 Å². The first-order chi connectivity index (χ1) is 13.4. The van der Waals surface area contributed by atoms with Crippen LogP contribution < -0.4 is 10.9 Å². The van der Waals surface area contributed by atoms with E-state index < -0.39 is 16.7 Å². The molecular weight excluding hydrogens is 380 g/mol. The zero-order valence-electron chi connectivity index (χ0n) is 14.8. The minimum absolute atomic E-state index is 0.0747. The molecule has 2 amide bonds. The first-order valence-corrected chi connectivity index (χ1v) is 9.25. The molecule has 3 rings (SSSR count). The predicted octanol–water partition coefficient (Wildman–Crippen LogP) is 3.00. The molecule has 142 valence electrons. The zero-order chi connectivity index (χ0) is 20.1. The van der Waals surface area contributed by atoms with E-state index in [0.29, 0.717) is 5.03 Å². The summed E-state index contributed by atoms with van der Waals surface area (Å²) in [7, 11) is 0. The maximum atomic E-state index is 12.0. The van der Waals surface area contributed by atoms with Crippen molar-refractivity contribution in [3.63, 3.8) is 0 Å². The molecule has 1 aromatic heterocycles. The first-order valence-electron chi connectivity index (χ1n) is 8.27. The van der Waals surface area contributed by atoms with Gasteiger partial charge in [-0.15, -0.1) is 0 Å². The lowest BCUT2D eigenvalue weighted by Gasteiger charge is -2.08. The third kappa shape index (κ3) is 4.63. The molecule has 0 bridgehead atoms. The summed E-state index contributed by atoms with van der Waals surface area (Å²) in [5.74, 6) is -0.883. The molecule has 3 aromatic rings. The Labute approximate surface area is 164 Å². The number of fused-ring (bicyclic) bond motifs is 1. The Morgan fingerprint density at radius 1 is 1.11 bits per heavy atom. The van der Waals surface area contributed by atoms with Crippen LogP contribution in [0, 0.1) is 17.0 Å². The SMILES string of the molecule is Cc1cc(SCC(=O)NNC(=O)c2ccc([N+](=O)[O-])cc2)nc2ccccc12. The molecule has 0 radical (unpaired) electrons. The molecule has 0 fully saturated rings. The summed E-state index contributed by atoms with van der Waals surface area (Å²) in [6.07, 6.45) is 0. The molecule has 0 saturated heterocycles. The molecule has 0 spiro atoms. The lowest BCUT2D eigenvalue weighted by molar-refractivity contribution is -0.384. The number of hydrogen-bond acceptors (Lipinski definition) is 6. The van der Waals surface area contributed by atoms with Crippen LogP contribution in [0.3, 0.4) is 0 Å². The fourth-order valence-corrected chi connectivity index (χ4v) is 3.28. The Bertz CT molecular complexity index is 1050. The second-order valence-electron chi connectivity index (χ2n) is 5.89. The number of non-ortho nitro benzene ring substituents is 1. The number of nitrogens with one attached hydrogen (secondary N) is 2. The molecule has 28 heavy (non-hydrogen) atoms. The van der Waals surface area contributed by atoms with Crippen molar-refractivity contribution in [1.82, 2.24) is 15.8 Å². The lowest BCUT2D eigenvalue weighted by Crippen LogP contribution is -2.42. The van der Waals surface area contributed by atoms with E-state index >= 15 is 0 Å². The van der Waals surface area contributed by atoms with Crippen LogP contribution in [-0.2, 0) is 4.79 Å². The van der Waals surface area contributed by atoms with Gasteiger partial charge in [-0.2, -0.15) is 0 Å². The molecule has 8 nitrogen and oxygen atoms in total. The van der Waals surface area contributed by atoms with Crippen molar-refractivity contribution < 1.29 is 14.5 Å². The van der Waals surface area contributed by atoms with E-state index in [1.165, 1.54) is 36.0 Å². The second kappa shape index (κ2) is 8.49. The van der Waals surface area contributed by atoms with Crippen LogP contribution in [-0.4, -0.2) is 27.5 Å². The summed E-state index contributed by atoms with van der Waals surface area (Å²) >= 11 is 1.26. The Kier molecular flexibility index (Phi) is 5.85. The monoisotopic (exact) mass is 396 g/mol. The van der Waals surface area contributed by atoms with Crippen molar-refractivity contribution in [3.05, 3.63) is 75.8 Å². The van der Waals surface area contributed by atoms with Gasteiger partial charge in [-0.05, 0) is 36.8 Å². The van der Waals surface area contributed by atoms with Gasteiger partial charge in [-0.1, -0.05) is 30.0 Å². The average Bonchev–Trinajstić information content (AvgIpc) is 2.70. The quantitative estimate of drug-likeness (QED) is 0.389. The van der Waals surface area contributed by atoms with Gasteiger partial charge in [0.15, 0.2) is 0 Å². The molecule has 0 aliphatic heterocycles. The number of nitro benzene ring substituents is 1. The standard InChI is InChI=1S/C19H16N4O4S/c1-12-10-18(20-16-5-3-2-4-15(12)16)28-11-17(24)21-22-19(25)13-6-8-14(9-7-13)23(26)27/h2-10H,11H2,1H3,(H,21,24)(H,22,25). The number of rotatable bonds is 5. The molecule has 0 saturated carbocycles. The largest absolute Gasteiger partial charge is 0.272 e. The molecule has 0 aliphatic carbocycles. The number of nitrogens with zero attached hydrogens (tertiary/aromatic N) is 2. The third-order valence-electron chi connectivity index (χ3n) is 3.91. The second-order valence-corrected chi connectivity index (χ2v) is 6.89. The Hall–Kier alpha value is -3.46. The van der Waals surface area contributed by atoms with Crippen LogP contribution in [0.5, 0.6) is 0 Å². The van der Waals surface area contributed by atoms with Crippen LogP contribution >= 0.6 is 11.8 Å². The fraction of sp³-hybridized carbons (Fsp3) is 0.105. The smallest absolute Gasteiger partial charge is 0.269 e. The highest BCUT2D eigenvalue weighted by Gasteiger charge is 2.11. The molecule has 2 N–H and O–H groups in total. The number of hydrogen-bond donors (Lipinski definition) is 2. The molecule has 2 aromatic carbocycles. The summed E-state index contributed by atoms with van der Waals surface area (Å²) in [4.78, 5) is 38.5. The average molecular weight is 396 g/mol. The summed E-state index contributed by atoms with van der Waals surface area (Å²) in [6, 6.07) is 14.8. The van der Waals surface area contributed by atoms with E-state index in [-0.39, 0.29) is 17.0 Å². The highest BCUT2D eigenvalue weighted by Crippen LogP contribution is 2.23. The number of para-hydroxylation sites is 1. The molecule has 1 heterocycles. The van der Waals surface area contributed by atoms with Crippen LogP contribution in [0.4, 0.5) is 5.69 Å². The topological polar surface area (TPSA) is 114 Å². The van der Waals surface area contributed by atoms with Crippen molar-refractivity contribution in [2.45, 2.75) is 11.9 Å². The van der Waals surface area contributed by atoms with Gasteiger partial charge in [-0.25, -0.2) is 4.98 Å². The van der Waals surface area contributed by atoms with Gasteiger partial charge in [0.1, 0.15) is 0 Å². The zero-order valence-corrected chi connectivity index (χ0v) is 15.7. The Morgan fingerprint density at radius 3 is 2.54 bits per heavy atom. The van der Waals surface area contributed by atoms with Gasteiger partial charge in [0, 0.05) is 23.1 Å². The van der Waals surface area contributed by atoms with Crippen molar-refractivity contribution in [3.8, 4) is 0 Å². The maximum absolute atomic E-state index is 12.0. The first kappa shape index (κ1) is 19.3. The number of aryl methyl sites for hydroxylation is 1. The minimum Gasteiger partial charge on any atom is -0.272 e. The summed E-state index contributed by atoms with van der Waals surface area (Å²) in [6.45, 7) is 1.98. The number of nitro groups is 1. The number of pyridine rings is 1. The van der Waals surface area contributed by atoms with Gasteiger partial charge in [0.05, 0.1) is 21.2 Å². The van der Waals surface area contributed by atoms with E-state index in [4.69, 9.17) is 0 Å². The molecule has 0 aliphatic rings. The lowest BCUT2D eigenvalue weighted by atomic mass is 10.1. The van der Waals surface area contributed by atoms with Crippen molar-refractivity contribution in [2.24, 2.45) is 0 Å². The number of carbonyl (C=O) groups is 2. The van der Waals surface area contributed by atoms with Crippen molar-refractivity contribution >= 4 is 40.2 Å². The van der Waals surface area contributed by atoms with Crippen LogP contribution in [0.2, 0.25) is 0 Å². The number of aromatic nitrogens is 1. The number of benzene rings is 2. The molecular formula is C19H16N4O4S. The summed E-state index contributed by atoms with van der Waals surface area (Å²) < 4.78 is 0. The van der Waals surface area contributed by atoms with E-state index in [1.807, 2.05) is 37.3 Å². The van der Waals surface area contributed by atoms with Crippen LogP contribution in [0.1, 0.15) is 15.9 Å². The highest BCUT2D eigenvalue weighted by atomic mass is 32.2. The number of thioether (sulfide) groups is 1. The Balaban J connectivity index is 1.53. The van der Waals surface area contributed by atoms with Crippen molar-refractivity contribution in [1.29, 1.82) is 0 Å². The molecule has 0 atom stereocenters. The van der Waals surface area contributed by atoms with Crippen LogP contribution in [0.25, 0.3) is 10.9 Å². The van der Waals surface area contributed by atoms with Gasteiger partial charge in [0.25, 0.3) is 11.6 Å². The summed E-state index contributed by atoms with van der Waals surface area (Å²) in [5.41, 5.74) is 6.61. The normalized spacial score (nSPS) is 10.5. The number of amides is 2. The highest BCUT2D eigenvalue weighted by molar-refractivity contribution is 7.99.